The van der Waals surface area contributed by atoms with E-state index in [4.69, 9.17) is 9.47 Å². The van der Waals surface area contributed by atoms with Gasteiger partial charge >= 0.3 is 0 Å². The Balaban J connectivity index is 1.31. The summed E-state index contributed by atoms with van der Waals surface area (Å²) in [7, 11) is 0. The second-order valence-corrected chi connectivity index (χ2v) is 6.48. The lowest BCUT2D eigenvalue weighted by Gasteiger charge is -2.50. The van der Waals surface area contributed by atoms with Crippen molar-refractivity contribution in [3.8, 4) is 5.75 Å². The molecule has 0 aliphatic carbocycles. The maximum Gasteiger partial charge on any atom is 0.274 e. The highest BCUT2D eigenvalue weighted by Crippen LogP contribution is 2.42. The number of aromatic nitrogens is 3. The number of carbonyl (C=O) groups is 1. The molecule has 0 bridgehead atoms. The van der Waals surface area contributed by atoms with E-state index >= 15 is 0 Å². The molecular formula is C18H20N4O3. The van der Waals surface area contributed by atoms with Gasteiger partial charge in [0.25, 0.3) is 5.91 Å². The molecule has 0 aromatic carbocycles. The summed E-state index contributed by atoms with van der Waals surface area (Å²) in [5.41, 5.74) is 0.155. The highest BCUT2D eigenvalue weighted by atomic mass is 16.5. The van der Waals surface area contributed by atoms with Crippen LogP contribution in [0, 0.1) is 5.92 Å². The Hall–Kier alpha value is -2.54. The van der Waals surface area contributed by atoms with Crippen molar-refractivity contribution in [3.05, 3.63) is 48.8 Å². The minimum absolute atomic E-state index is 0.0837. The first-order chi connectivity index (χ1) is 12.3. The summed E-state index contributed by atoms with van der Waals surface area (Å²) in [4.78, 5) is 26.3. The second-order valence-electron chi connectivity index (χ2n) is 6.48. The van der Waals surface area contributed by atoms with Crippen LogP contribution in [0.15, 0.2) is 43.1 Å². The van der Waals surface area contributed by atoms with Gasteiger partial charge in [-0.15, -0.1) is 0 Å². The molecule has 2 fully saturated rings. The van der Waals surface area contributed by atoms with Crippen LogP contribution >= 0.6 is 0 Å². The average Bonchev–Trinajstić information content (AvgIpc) is 3.05. The molecule has 0 N–H and O–H groups in total. The minimum atomic E-state index is -0.226. The van der Waals surface area contributed by atoms with Crippen LogP contribution in [-0.2, 0) is 4.74 Å². The zero-order chi connectivity index (χ0) is 17.1. The Morgan fingerprint density at radius 1 is 1.28 bits per heavy atom. The van der Waals surface area contributed by atoms with Crippen molar-refractivity contribution < 1.29 is 14.3 Å². The van der Waals surface area contributed by atoms with E-state index in [0.29, 0.717) is 31.3 Å². The van der Waals surface area contributed by atoms with E-state index in [1.165, 1.54) is 12.4 Å². The predicted molar refractivity (Wildman–Crippen MR) is 89.1 cm³/mol. The molecule has 1 spiro atoms. The number of ether oxygens (including phenoxy) is 2. The highest BCUT2D eigenvalue weighted by Gasteiger charge is 2.54. The number of carbonyl (C=O) groups excluding carboxylic acids is 1. The molecule has 1 atom stereocenters. The third-order valence-electron chi connectivity index (χ3n) is 4.96. The van der Waals surface area contributed by atoms with Crippen LogP contribution in [-0.4, -0.2) is 57.7 Å². The lowest BCUT2D eigenvalue weighted by molar-refractivity contribution is -0.119. The largest absolute Gasteiger partial charge is 0.492 e. The summed E-state index contributed by atoms with van der Waals surface area (Å²) in [5, 5.41) is 0. The van der Waals surface area contributed by atoms with E-state index in [1.807, 2.05) is 12.1 Å². The van der Waals surface area contributed by atoms with Gasteiger partial charge in [0.1, 0.15) is 17.0 Å². The Bertz CT molecular complexity index is 720. The molecule has 2 aliphatic rings. The first kappa shape index (κ1) is 16.0. The van der Waals surface area contributed by atoms with Crippen molar-refractivity contribution in [2.75, 3.05) is 26.3 Å². The Morgan fingerprint density at radius 3 is 2.92 bits per heavy atom. The number of rotatable bonds is 5. The van der Waals surface area contributed by atoms with Crippen LogP contribution < -0.4 is 4.74 Å². The topological polar surface area (TPSA) is 77.4 Å². The number of nitrogens with zero attached hydrogens (tertiary/aromatic N) is 4. The summed E-state index contributed by atoms with van der Waals surface area (Å²) >= 11 is 0. The van der Waals surface area contributed by atoms with Crippen LogP contribution in [0.2, 0.25) is 0 Å². The third-order valence-corrected chi connectivity index (χ3v) is 4.96. The lowest BCUT2D eigenvalue weighted by atomic mass is 9.79. The molecule has 1 amide bonds. The highest BCUT2D eigenvalue weighted by molar-refractivity contribution is 5.92. The molecule has 2 aliphatic heterocycles. The average molecular weight is 340 g/mol. The second kappa shape index (κ2) is 6.76. The fraction of sp³-hybridized carbons (Fsp3) is 0.444. The molecule has 2 saturated heterocycles. The van der Waals surface area contributed by atoms with Gasteiger partial charge in [-0.1, -0.05) is 0 Å². The molecule has 0 radical (unpaired) electrons. The van der Waals surface area contributed by atoms with Crippen molar-refractivity contribution in [3.63, 3.8) is 0 Å². The minimum Gasteiger partial charge on any atom is -0.492 e. The molecule has 4 rings (SSSR count). The van der Waals surface area contributed by atoms with Gasteiger partial charge in [0.05, 0.1) is 32.1 Å². The Morgan fingerprint density at radius 2 is 2.16 bits per heavy atom. The molecule has 2 aromatic rings. The Labute approximate surface area is 146 Å². The van der Waals surface area contributed by atoms with E-state index in [9.17, 15) is 4.79 Å². The smallest absolute Gasteiger partial charge is 0.274 e. The third kappa shape index (κ3) is 3.19. The number of hydrogen-bond acceptors (Lipinski definition) is 6. The fourth-order valence-electron chi connectivity index (χ4n) is 3.61. The molecule has 0 unspecified atom stereocenters. The zero-order valence-corrected chi connectivity index (χ0v) is 13.9. The van der Waals surface area contributed by atoms with E-state index in [0.717, 1.165) is 25.2 Å². The monoisotopic (exact) mass is 340 g/mol. The summed E-state index contributed by atoms with van der Waals surface area (Å²) < 4.78 is 11.8. The van der Waals surface area contributed by atoms with Gasteiger partial charge in [-0.3, -0.25) is 14.8 Å². The molecule has 25 heavy (non-hydrogen) atoms. The van der Waals surface area contributed by atoms with Gasteiger partial charge in [-0.25, -0.2) is 4.98 Å². The first-order valence-electron chi connectivity index (χ1n) is 8.49. The normalized spacial score (nSPS) is 21.1. The number of amides is 1. The van der Waals surface area contributed by atoms with E-state index in [-0.39, 0.29) is 11.5 Å². The van der Waals surface area contributed by atoms with E-state index in [2.05, 4.69) is 15.0 Å². The molecule has 2 aromatic heterocycles. The zero-order valence-electron chi connectivity index (χ0n) is 13.9. The summed E-state index contributed by atoms with van der Waals surface area (Å²) in [6.45, 7) is 2.59. The predicted octanol–water partition coefficient (Wildman–Crippen LogP) is 1.57. The SMILES string of the molecule is O=C(c1cnccn1)N1CC2(C1)OCC[C@H]2CCOc1cccnc1. The molecule has 7 heteroatoms. The van der Waals surface area contributed by atoms with Crippen LogP contribution in [0.4, 0.5) is 0 Å². The number of hydrogen-bond donors (Lipinski definition) is 0. The van der Waals surface area contributed by atoms with Gasteiger partial charge in [0.15, 0.2) is 0 Å². The Kier molecular flexibility index (Phi) is 4.31. The van der Waals surface area contributed by atoms with Crippen molar-refractivity contribution in [1.82, 2.24) is 19.9 Å². The van der Waals surface area contributed by atoms with Gasteiger partial charge in [0, 0.05) is 25.2 Å². The van der Waals surface area contributed by atoms with E-state index in [1.54, 1.807) is 23.5 Å². The van der Waals surface area contributed by atoms with Gasteiger partial charge in [-0.05, 0) is 30.9 Å². The quantitative estimate of drug-likeness (QED) is 0.822. The number of pyridine rings is 1. The molecule has 7 nitrogen and oxygen atoms in total. The summed E-state index contributed by atoms with van der Waals surface area (Å²) in [6.07, 6.45) is 9.95. The van der Waals surface area contributed by atoms with Crippen LogP contribution in [0.25, 0.3) is 0 Å². The fourth-order valence-corrected chi connectivity index (χ4v) is 3.61. The lowest BCUT2D eigenvalue weighted by Crippen LogP contribution is -2.66. The molecular weight excluding hydrogens is 320 g/mol. The van der Waals surface area contributed by atoms with Crippen molar-refractivity contribution in [2.24, 2.45) is 5.92 Å². The van der Waals surface area contributed by atoms with Crippen molar-refractivity contribution in [2.45, 2.75) is 18.4 Å². The van der Waals surface area contributed by atoms with Gasteiger partial charge in [0.2, 0.25) is 0 Å². The summed E-state index contributed by atoms with van der Waals surface area (Å²) in [6, 6.07) is 3.76. The molecule has 4 heterocycles. The van der Waals surface area contributed by atoms with Gasteiger partial charge < -0.3 is 14.4 Å². The van der Waals surface area contributed by atoms with Crippen LogP contribution in [0.3, 0.4) is 0 Å². The first-order valence-corrected chi connectivity index (χ1v) is 8.49. The van der Waals surface area contributed by atoms with Crippen molar-refractivity contribution >= 4 is 5.91 Å². The summed E-state index contributed by atoms with van der Waals surface area (Å²) in [5.74, 6) is 1.10. The van der Waals surface area contributed by atoms with E-state index < -0.39 is 0 Å². The number of likely N-dealkylation sites (tertiary alicyclic amines) is 1. The van der Waals surface area contributed by atoms with Crippen molar-refractivity contribution in [1.29, 1.82) is 0 Å². The van der Waals surface area contributed by atoms with Gasteiger partial charge in [-0.2, -0.15) is 0 Å². The van der Waals surface area contributed by atoms with Crippen LogP contribution in [0.1, 0.15) is 23.3 Å². The maximum atomic E-state index is 12.4. The molecule has 0 saturated carbocycles. The maximum absolute atomic E-state index is 12.4. The molecule has 130 valence electrons. The van der Waals surface area contributed by atoms with Crippen LogP contribution in [0.5, 0.6) is 5.75 Å². The standard InChI is InChI=1S/C18H20N4O3/c23-17(16-11-20-6-7-21-16)22-12-18(13-22)14(4-9-25-18)3-8-24-15-2-1-5-19-10-15/h1-2,5-7,10-11,14H,3-4,8-9,12-13H2/t14-/m1/s1.